The van der Waals surface area contributed by atoms with Crippen molar-refractivity contribution in [3.05, 3.63) is 48.0 Å². The van der Waals surface area contributed by atoms with Gasteiger partial charge in [-0.15, -0.1) is 5.10 Å². The largest absolute Gasteiger partial charge is 0.463 e. The molecule has 0 amide bonds. The van der Waals surface area contributed by atoms with Crippen LogP contribution in [0.3, 0.4) is 0 Å². The van der Waals surface area contributed by atoms with E-state index in [4.69, 9.17) is 14.9 Å². The maximum Gasteiger partial charge on any atom is 0.222 e. The van der Waals surface area contributed by atoms with Crippen molar-refractivity contribution in [1.82, 2.24) is 29.9 Å². The summed E-state index contributed by atoms with van der Waals surface area (Å²) in [5.74, 6) is 1.18. The number of nitrogen functional groups attached to an aromatic ring is 1. The highest BCUT2D eigenvalue weighted by Gasteiger charge is 2.17. The van der Waals surface area contributed by atoms with E-state index in [1.165, 1.54) is 0 Å². The molecule has 0 saturated heterocycles. The number of furan rings is 1. The van der Waals surface area contributed by atoms with Crippen molar-refractivity contribution in [1.29, 1.82) is 0 Å². The fraction of sp³-hybridized carbons (Fsp3) is 0.316. The molecule has 4 rings (SSSR count). The van der Waals surface area contributed by atoms with Crippen LogP contribution in [0.25, 0.3) is 22.6 Å². The molecule has 2 N–H and O–H groups in total. The van der Waals surface area contributed by atoms with Crippen molar-refractivity contribution in [2.24, 2.45) is 5.92 Å². The van der Waals surface area contributed by atoms with Crippen molar-refractivity contribution in [2.75, 3.05) is 12.3 Å². The van der Waals surface area contributed by atoms with E-state index >= 15 is 0 Å². The van der Waals surface area contributed by atoms with E-state index in [2.05, 4.69) is 39.1 Å². The topological polar surface area (TPSA) is 118 Å². The summed E-state index contributed by atoms with van der Waals surface area (Å²) in [4.78, 5) is 13.2. The Balaban J connectivity index is 1.61. The van der Waals surface area contributed by atoms with Crippen LogP contribution in [0, 0.1) is 5.92 Å². The molecule has 0 atom stereocenters. The molecule has 0 aromatic carbocycles. The van der Waals surface area contributed by atoms with Gasteiger partial charge in [-0.1, -0.05) is 25.1 Å². The number of aromatic nitrogens is 6. The van der Waals surface area contributed by atoms with Gasteiger partial charge in [0.1, 0.15) is 5.69 Å². The van der Waals surface area contributed by atoms with Gasteiger partial charge < -0.3 is 14.9 Å². The molecule has 0 aliphatic carbocycles. The van der Waals surface area contributed by atoms with E-state index in [9.17, 15) is 0 Å². The van der Waals surface area contributed by atoms with Gasteiger partial charge in [-0.3, -0.25) is 4.98 Å². The average molecular weight is 379 g/mol. The predicted octanol–water partition coefficient (Wildman–Crippen LogP) is 2.68. The monoisotopic (exact) mass is 379 g/mol. The number of ether oxygens (including phenoxy) is 1. The molecule has 144 valence electrons. The average Bonchev–Trinajstić information content (AvgIpc) is 3.32. The minimum Gasteiger partial charge on any atom is -0.463 e. The molecule has 0 aliphatic rings. The van der Waals surface area contributed by atoms with Crippen molar-refractivity contribution in [3.8, 4) is 11.5 Å². The first-order chi connectivity index (χ1) is 13.6. The number of pyridine rings is 1. The Labute approximate surface area is 161 Å². The number of hydrogen-bond acceptors (Lipinski definition) is 8. The lowest BCUT2D eigenvalue weighted by molar-refractivity contribution is 0.0947. The Kier molecular flexibility index (Phi) is 4.98. The van der Waals surface area contributed by atoms with Crippen LogP contribution in [0.1, 0.15) is 25.2 Å². The third kappa shape index (κ3) is 3.84. The van der Waals surface area contributed by atoms with Crippen LogP contribution in [0.2, 0.25) is 0 Å². The van der Waals surface area contributed by atoms with E-state index in [0.717, 1.165) is 11.4 Å². The molecular weight excluding hydrogens is 358 g/mol. The van der Waals surface area contributed by atoms with Crippen LogP contribution in [0.15, 0.2) is 41.0 Å². The second-order valence-electron chi connectivity index (χ2n) is 6.86. The summed E-state index contributed by atoms with van der Waals surface area (Å²) in [6.45, 7) is 5.81. The lowest BCUT2D eigenvalue weighted by atomic mass is 10.2. The van der Waals surface area contributed by atoms with Crippen molar-refractivity contribution < 1.29 is 9.15 Å². The van der Waals surface area contributed by atoms with Gasteiger partial charge in [0, 0.05) is 6.61 Å². The molecule has 0 fully saturated rings. The zero-order valence-corrected chi connectivity index (χ0v) is 15.7. The van der Waals surface area contributed by atoms with E-state index in [1.807, 2.05) is 18.2 Å². The summed E-state index contributed by atoms with van der Waals surface area (Å²) in [5.41, 5.74) is 9.16. The first-order valence-corrected chi connectivity index (χ1v) is 9.03. The molecule has 0 unspecified atom stereocenters. The highest BCUT2D eigenvalue weighted by Crippen LogP contribution is 2.25. The molecule has 4 aromatic heterocycles. The maximum atomic E-state index is 5.89. The molecule has 0 saturated carbocycles. The fourth-order valence-electron chi connectivity index (χ4n) is 2.81. The summed E-state index contributed by atoms with van der Waals surface area (Å²) in [7, 11) is 0. The quantitative estimate of drug-likeness (QED) is 0.521. The third-order valence-electron chi connectivity index (χ3n) is 4.01. The lowest BCUT2D eigenvalue weighted by Crippen LogP contribution is -2.08. The highest BCUT2D eigenvalue weighted by molar-refractivity contribution is 5.85. The minimum atomic E-state index is 0.131. The Bertz CT molecular complexity index is 1070. The van der Waals surface area contributed by atoms with Crippen molar-refractivity contribution >= 4 is 17.1 Å². The fourth-order valence-corrected chi connectivity index (χ4v) is 2.81. The summed E-state index contributed by atoms with van der Waals surface area (Å²) in [5, 5.41) is 8.44. The van der Waals surface area contributed by atoms with Crippen LogP contribution in [-0.4, -0.2) is 36.6 Å². The maximum absolute atomic E-state index is 5.89. The highest BCUT2D eigenvalue weighted by atomic mass is 16.5. The zero-order valence-electron chi connectivity index (χ0n) is 15.7. The Morgan fingerprint density at radius 1 is 1.11 bits per heavy atom. The molecule has 28 heavy (non-hydrogen) atoms. The number of anilines is 1. The molecule has 9 heteroatoms. The second kappa shape index (κ2) is 7.73. The van der Waals surface area contributed by atoms with Crippen LogP contribution >= 0.6 is 0 Å². The SMILES string of the molecule is CC(C)COCc1cccc(Cn2nnc3c(-c4ccco4)nc(N)nc32)n1. The van der Waals surface area contributed by atoms with Crippen LogP contribution in [-0.2, 0) is 17.9 Å². The van der Waals surface area contributed by atoms with Gasteiger partial charge in [-0.25, -0.2) is 9.67 Å². The molecule has 4 aromatic rings. The number of rotatable bonds is 7. The Morgan fingerprint density at radius 2 is 1.96 bits per heavy atom. The summed E-state index contributed by atoms with van der Waals surface area (Å²) >= 11 is 0. The van der Waals surface area contributed by atoms with Gasteiger partial charge in [-0.2, -0.15) is 4.98 Å². The minimum absolute atomic E-state index is 0.131. The number of nitrogens with zero attached hydrogens (tertiary/aromatic N) is 6. The molecule has 4 heterocycles. The van der Waals surface area contributed by atoms with E-state index < -0.39 is 0 Å². The first kappa shape index (κ1) is 18.1. The van der Waals surface area contributed by atoms with Crippen LogP contribution < -0.4 is 5.73 Å². The number of hydrogen-bond donors (Lipinski definition) is 1. The molecular formula is C19H21N7O2. The zero-order chi connectivity index (χ0) is 19.5. The standard InChI is InChI=1S/C19H21N7O2/c1-12(2)10-27-11-14-6-3-5-13(21-14)9-26-18-17(24-25-26)16(22-19(20)23-18)15-7-4-8-28-15/h3-8,12H,9-11H2,1-2H3,(H2,20,22,23). The van der Waals surface area contributed by atoms with E-state index in [1.54, 1.807) is 23.1 Å². The van der Waals surface area contributed by atoms with Gasteiger partial charge in [0.25, 0.3) is 0 Å². The normalized spacial score (nSPS) is 11.5. The Hall–Kier alpha value is -3.33. The summed E-state index contributed by atoms with van der Waals surface area (Å²) < 4.78 is 12.8. The molecule has 9 nitrogen and oxygen atoms in total. The van der Waals surface area contributed by atoms with Gasteiger partial charge in [0.05, 0.1) is 30.8 Å². The third-order valence-corrected chi connectivity index (χ3v) is 4.01. The predicted molar refractivity (Wildman–Crippen MR) is 103 cm³/mol. The molecule has 0 aliphatic heterocycles. The van der Waals surface area contributed by atoms with Gasteiger partial charge in [0.15, 0.2) is 16.9 Å². The Morgan fingerprint density at radius 3 is 2.75 bits per heavy atom. The lowest BCUT2D eigenvalue weighted by Gasteiger charge is -2.08. The van der Waals surface area contributed by atoms with Gasteiger partial charge >= 0.3 is 0 Å². The smallest absolute Gasteiger partial charge is 0.222 e. The van der Waals surface area contributed by atoms with Crippen molar-refractivity contribution in [2.45, 2.75) is 27.0 Å². The molecule has 0 radical (unpaired) electrons. The molecule has 0 bridgehead atoms. The first-order valence-electron chi connectivity index (χ1n) is 9.03. The van der Waals surface area contributed by atoms with Gasteiger partial charge in [0.2, 0.25) is 5.95 Å². The van der Waals surface area contributed by atoms with Gasteiger partial charge in [-0.05, 0) is 30.2 Å². The summed E-state index contributed by atoms with van der Waals surface area (Å²) in [6, 6.07) is 9.39. The number of fused-ring (bicyclic) bond motifs is 1. The van der Waals surface area contributed by atoms with Crippen molar-refractivity contribution in [3.63, 3.8) is 0 Å². The van der Waals surface area contributed by atoms with E-state index in [0.29, 0.717) is 48.3 Å². The number of nitrogens with two attached hydrogens (primary N) is 1. The van der Waals surface area contributed by atoms with Crippen LogP contribution in [0.5, 0.6) is 0 Å². The molecule has 0 spiro atoms. The van der Waals surface area contributed by atoms with E-state index in [-0.39, 0.29) is 5.95 Å². The van der Waals surface area contributed by atoms with Crippen LogP contribution in [0.4, 0.5) is 5.95 Å². The summed E-state index contributed by atoms with van der Waals surface area (Å²) in [6.07, 6.45) is 1.57. The second-order valence-corrected chi connectivity index (χ2v) is 6.86.